The number of hydrogen-bond donors (Lipinski definition) is 0. The molecule has 5 atom stereocenters. The van der Waals surface area contributed by atoms with Crippen LogP contribution in [0.5, 0.6) is 0 Å². The second-order valence-electron chi connectivity index (χ2n) is 11.8. The normalized spacial score (nSPS) is 19.8. The molecular formula is C40H39NO9. The van der Waals surface area contributed by atoms with Gasteiger partial charge in [0, 0.05) is 24.1 Å². The molecule has 0 bridgehead atoms. The summed E-state index contributed by atoms with van der Waals surface area (Å²) in [7, 11) is 0. The monoisotopic (exact) mass is 677 g/mol. The highest BCUT2D eigenvalue weighted by Crippen LogP contribution is 2.32. The highest BCUT2D eigenvalue weighted by Gasteiger charge is 2.50. The zero-order valence-electron chi connectivity index (χ0n) is 27.9. The molecule has 1 saturated heterocycles. The number of carbonyl (C=O) groups is 2. The lowest BCUT2D eigenvalue weighted by molar-refractivity contribution is -0.384. The summed E-state index contributed by atoms with van der Waals surface area (Å²) in [6, 6.07) is 31.3. The first-order valence-corrected chi connectivity index (χ1v) is 16.5. The second-order valence-corrected chi connectivity index (χ2v) is 11.8. The maximum Gasteiger partial charge on any atom is 0.341 e. The Morgan fingerprint density at radius 3 is 1.98 bits per heavy atom. The van der Waals surface area contributed by atoms with E-state index < -0.39 is 47.6 Å². The van der Waals surface area contributed by atoms with Crippen LogP contribution in [0.3, 0.4) is 0 Å². The summed E-state index contributed by atoms with van der Waals surface area (Å²) in [4.78, 5) is 38.2. The number of carbonyl (C=O) groups excluding carboxylic acids is 2. The van der Waals surface area contributed by atoms with Crippen molar-refractivity contribution in [3.63, 3.8) is 0 Å². The number of benzene rings is 4. The van der Waals surface area contributed by atoms with Gasteiger partial charge in [0.25, 0.3) is 5.69 Å². The van der Waals surface area contributed by atoms with Gasteiger partial charge >= 0.3 is 11.9 Å². The molecule has 0 radical (unpaired) electrons. The van der Waals surface area contributed by atoms with Crippen LogP contribution in [0.2, 0.25) is 0 Å². The number of unbranched alkanes of at least 4 members (excludes halogenated alkanes) is 2. The number of esters is 2. The molecule has 10 heteroatoms. The Kier molecular flexibility index (Phi) is 12.9. The number of nitro groups is 1. The lowest BCUT2D eigenvalue weighted by Gasteiger charge is -2.44. The number of non-ortho nitro benzene ring substituents is 1. The molecule has 1 heterocycles. The van der Waals surface area contributed by atoms with E-state index in [1.165, 1.54) is 18.2 Å². The molecule has 0 N–H and O–H groups in total. The average molecular weight is 678 g/mol. The Bertz CT molecular complexity index is 1790. The van der Waals surface area contributed by atoms with Crippen LogP contribution in [-0.2, 0) is 36.9 Å². The van der Waals surface area contributed by atoms with Gasteiger partial charge in [-0.2, -0.15) is 0 Å². The van der Waals surface area contributed by atoms with Gasteiger partial charge in [0.05, 0.1) is 35.4 Å². The quantitative estimate of drug-likeness (QED) is 0.0467. The van der Waals surface area contributed by atoms with Gasteiger partial charge in [-0.05, 0) is 42.7 Å². The van der Waals surface area contributed by atoms with Crippen LogP contribution in [0.1, 0.15) is 70.5 Å². The first-order valence-electron chi connectivity index (χ1n) is 16.5. The van der Waals surface area contributed by atoms with Crippen molar-refractivity contribution in [3.05, 3.63) is 147 Å². The molecule has 50 heavy (non-hydrogen) atoms. The fourth-order valence-corrected chi connectivity index (χ4v) is 5.41. The van der Waals surface area contributed by atoms with Crippen LogP contribution in [0.15, 0.2) is 109 Å². The predicted octanol–water partition coefficient (Wildman–Crippen LogP) is 7.43. The van der Waals surface area contributed by atoms with Crippen molar-refractivity contribution in [1.82, 2.24) is 0 Å². The minimum Gasteiger partial charge on any atom is -0.453 e. The Morgan fingerprint density at radius 1 is 0.780 bits per heavy atom. The molecule has 1 fully saturated rings. The van der Waals surface area contributed by atoms with Crippen LogP contribution in [-0.4, -0.2) is 47.6 Å². The lowest BCUT2D eigenvalue weighted by Crippen LogP contribution is -2.60. The number of nitro benzene ring substituents is 1. The molecule has 0 saturated carbocycles. The molecule has 0 aromatic heterocycles. The molecule has 5 rings (SSSR count). The number of ether oxygens (including phenoxy) is 5. The van der Waals surface area contributed by atoms with Crippen LogP contribution in [0.4, 0.5) is 5.69 Å². The largest absolute Gasteiger partial charge is 0.453 e. The second kappa shape index (κ2) is 17.9. The van der Waals surface area contributed by atoms with Crippen LogP contribution in [0, 0.1) is 22.0 Å². The molecule has 1 aliphatic rings. The molecule has 10 nitrogen and oxygen atoms in total. The van der Waals surface area contributed by atoms with Crippen molar-refractivity contribution in [2.45, 2.75) is 77.0 Å². The molecule has 0 unspecified atom stereocenters. The van der Waals surface area contributed by atoms with Gasteiger partial charge in [0.1, 0.15) is 6.10 Å². The van der Waals surface area contributed by atoms with Crippen molar-refractivity contribution in [2.75, 3.05) is 0 Å². The molecule has 4 aromatic carbocycles. The maximum absolute atomic E-state index is 13.8. The van der Waals surface area contributed by atoms with E-state index in [-0.39, 0.29) is 30.0 Å². The smallest absolute Gasteiger partial charge is 0.341 e. The standard InChI is InChI=1S/C40H39NO9/c1-3-4-5-13-22-32-25-33(41(44)45)23-24-34(32)39(43)50-40-37(47-27-30-18-11-7-12-19-30)36(46-26-29-16-9-6-10-17-29)35(28(2)48-40)49-38(42)31-20-14-8-15-21-31/h6-12,14-21,23-25,28,35-37,40H,3-5,26-27H2,1-2H3/t28-,35-,36+,37+,40-/m0/s1. The average Bonchev–Trinajstić information content (AvgIpc) is 3.14. The van der Waals surface area contributed by atoms with E-state index in [9.17, 15) is 19.7 Å². The lowest BCUT2D eigenvalue weighted by atomic mass is 9.98. The third-order valence-corrected chi connectivity index (χ3v) is 8.09. The van der Waals surface area contributed by atoms with Gasteiger partial charge in [0.2, 0.25) is 6.29 Å². The van der Waals surface area contributed by atoms with Gasteiger partial charge in [-0.1, -0.05) is 104 Å². The third kappa shape index (κ3) is 9.64. The zero-order chi connectivity index (χ0) is 35.3. The van der Waals surface area contributed by atoms with E-state index in [1.54, 1.807) is 37.3 Å². The fraction of sp³-hybridized carbons (Fsp3) is 0.300. The maximum atomic E-state index is 13.8. The van der Waals surface area contributed by atoms with E-state index >= 15 is 0 Å². The highest BCUT2D eigenvalue weighted by atomic mass is 16.7. The van der Waals surface area contributed by atoms with Crippen molar-refractivity contribution >= 4 is 17.6 Å². The molecule has 0 aliphatic carbocycles. The van der Waals surface area contributed by atoms with Crippen molar-refractivity contribution in [3.8, 4) is 11.8 Å². The summed E-state index contributed by atoms with van der Waals surface area (Å²) in [6.07, 6.45) is -2.75. The number of rotatable bonds is 13. The Labute approximate surface area is 291 Å². The number of nitrogens with zero attached hydrogens (tertiary/aromatic N) is 1. The first kappa shape index (κ1) is 36.0. The Balaban J connectivity index is 1.48. The van der Waals surface area contributed by atoms with Crippen LogP contribution < -0.4 is 0 Å². The van der Waals surface area contributed by atoms with E-state index in [2.05, 4.69) is 11.8 Å². The van der Waals surface area contributed by atoms with Crippen molar-refractivity contribution in [2.24, 2.45) is 0 Å². The fourth-order valence-electron chi connectivity index (χ4n) is 5.41. The molecule has 0 amide bonds. The summed E-state index contributed by atoms with van der Waals surface area (Å²) >= 11 is 0. The third-order valence-electron chi connectivity index (χ3n) is 8.09. The van der Waals surface area contributed by atoms with Gasteiger partial charge in [-0.3, -0.25) is 10.1 Å². The summed E-state index contributed by atoms with van der Waals surface area (Å²) in [5.74, 6) is 4.52. The molecule has 4 aromatic rings. The molecular weight excluding hydrogens is 638 g/mol. The zero-order valence-corrected chi connectivity index (χ0v) is 27.9. The first-order chi connectivity index (χ1) is 24.3. The van der Waals surface area contributed by atoms with E-state index in [0.717, 1.165) is 24.0 Å². The predicted molar refractivity (Wildman–Crippen MR) is 185 cm³/mol. The van der Waals surface area contributed by atoms with Gasteiger partial charge in [-0.15, -0.1) is 0 Å². The molecule has 1 aliphatic heterocycles. The topological polar surface area (TPSA) is 123 Å². The number of hydrogen-bond acceptors (Lipinski definition) is 9. The minimum absolute atomic E-state index is 0.0389. The summed E-state index contributed by atoms with van der Waals surface area (Å²) < 4.78 is 31.2. The Morgan fingerprint density at radius 2 is 1.38 bits per heavy atom. The SMILES string of the molecule is CCCCC#Cc1cc([N+](=O)[O-])ccc1C(=O)O[C@@H]1O[C@@H](C)[C@H](OC(=O)c2ccccc2)[C@@H](OCc2ccccc2)[C@H]1OCc1ccccc1. The summed E-state index contributed by atoms with van der Waals surface area (Å²) in [5, 5.41) is 11.5. The van der Waals surface area contributed by atoms with Crippen LogP contribution in [0.25, 0.3) is 0 Å². The van der Waals surface area contributed by atoms with Crippen LogP contribution >= 0.6 is 0 Å². The highest BCUT2D eigenvalue weighted by molar-refractivity contribution is 5.93. The van der Waals surface area contributed by atoms with Gasteiger partial charge < -0.3 is 23.7 Å². The van der Waals surface area contributed by atoms with Crippen molar-refractivity contribution in [1.29, 1.82) is 0 Å². The minimum atomic E-state index is -1.32. The van der Waals surface area contributed by atoms with Gasteiger partial charge in [-0.25, -0.2) is 9.59 Å². The summed E-state index contributed by atoms with van der Waals surface area (Å²) in [5.41, 5.74) is 2.06. The molecule has 258 valence electrons. The van der Waals surface area contributed by atoms with E-state index in [0.29, 0.717) is 12.0 Å². The van der Waals surface area contributed by atoms with E-state index in [4.69, 9.17) is 23.7 Å². The Hall–Kier alpha value is -5.34. The van der Waals surface area contributed by atoms with Gasteiger partial charge in [0.15, 0.2) is 12.2 Å². The summed E-state index contributed by atoms with van der Waals surface area (Å²) in [6.45, 7) is 3.98. The van der Waals surface area contributed by atoms with Crippen molar-refractivity contribution < 1.29 is 38.2 Å². The van der Waals surface area contributed by atoms with E-state index in [1.807, 2.05) is 67.6 Å². The molecule has 0 spiro atoms.